The topological polar surface area (TPSA) is 32.3 Å². The first-order valence-electron chi connectivity index (χ1n) is 7.56. The molecule has 0 saturated heterocycles. The van der Waals surface area contributed by atoms with Crippen molar-refractivity contribution in [2.75, 3.05) is 19.7 Å². The second-order valence-electron chi connectivity index (χ2n) is 6.33. The van der Waals surface area contributed by atoms with Crippen LogP contribution < -0.4 is 5.32 Å². The van der Waals surface area contributed by atoms with Crippen LogP contribution in [0, 0.1) is 23.2 Å². The normalized spacial score (nSPS) is 21.2. The van der Waals surface area contributed by atoms with Crippen LogP contribution in [0.4, 0.5) is 0 Å². The van der Waals surface area contributed by atoms with Crippen molar-refractivity contribution in [1.29, 1.82) is 0 Å². The van der Waals surface area contributed by atoms with Crippen LogP contribution in [0.3, 0.4) is 0 Å². The van der Waals surface area contributed by atoms with Gasteiger partial charge in [0.25, 0.3) is 0 Å². The van der Waals surface area contributed by atoms with Crippen LogP contribution >= 0.6 is 0 Å². The minimum atomic E-state index is 0.123. The first-order valence-corrected chi connectivity index (χ1v) is 7.56. The average molecular weight is 239 g/mol. The van der Waals surface area contributed by atoms with E-state index in [1.165, 1.54) is 32.2 Å². The second-order valence-corrected chi connectivity index (χ2v) is 6.33. The van der Waals surface area contributed by atoms with Crippen LogP contribution in [0.1, 0.15) is 52.4 Å². The summed E-state index contributed by atoms with van der Waals surface area (Å²) in [6, 6.07) is 0. The van der Waals surface area contributed by atoms with Gasteiger partial charge in [0.1, 0.15) is 0 Å². The molecule has 0 radical (unpaired) electrons. The maximum Gasteiger partial charge on any atom is 0.0499 e. The van der Waals surface area contributed by atoms with E-state index in [0.29, 0.717) is 6.61 Å². The minimum Gasteiger partial charge on any atom is -0.396 e. The highest BCUT2D eigenvalue weighted by molar-refractivity contribution is 4.93. The summed E-state index contributed by atoms with van der Waals surface area (Å²) in [7, 11) is 0. The van der Waals surface area contributed by atoms with Crippen molar-refractivity contribution in [1.82, 2.24) is 5.32 Å². The largest absolute Gasteiger partial charge is 0.396 e. The number of rotatable bonds is 9. The molecule has 0 aromatic carbocycles. The fraction of sp³-hybridized carbons (Fsp3) is 1.00. The summed E-state index contributed by atoms with van der Waals surface area (Å²) < 4.78 is 0. The number of aliphatic hydroxyl groups is 1. The Hall–Kier alpha value is -0.0800. The summed E-state index contributed by atoms with van der Waals surface area (Å²) in [4.78, 5) is 0. The third-order valence-electron chi connectivity index (χ3n) is 5.17. The smallest absolute Gasteiger partial charge is 0.0499 e. The van der Waals surface area contributed by atoms with Crippen molar-refractivity contribution >= 4 is 0 Å². The Balaban J connectivity index is 1.73. The zero-order valence-electron chi connectivity index (χ0n) is 11.5. The van der Waals surface area contributed by atoms with Gasteiger partial charge in [0.15, 0.2) is 0 Å². The monoisotopic (exact) mass is 239 g/mol. The van der Waals surface area contributed by atoms with Crippen LogP contribution in [-0.4, -0.2) is 24.8 Å². The summed E-state index contributed by atoms with van der Waals surface area (Å²) >= 11 is 0. The van der Waals surface area contributed by atoms with E-state index in [4.69, 9.17) is 0 Å². The van der Waals surface area contributed by atoms with Crippen molar-refractivity contribution in [3.8, 4) is 0 Å². The van der Waals surface area contributed by atoms with Gasteiger partial charge in [-0.15, -0.1) is 0 Å². The van der Waals surface area contributed by atoms with Crippen molar-refractivity contribution in [2.24, 2.45) is 23.2 Å². The van der Waals surface area contributed by atoms with Gasteiger partial charge in [0.2, 0.25) is 0 Å². The van der Waals surface area contributed by atoms with Gasteiger partial charge in [-0.1, -0.05) is 13.8 Å². The maximum absolute atomic E-state index is 9.54. The van der Waals surface area contributed by atoms with E-state index in [1.807, 2.05) is 0 Å². The van der Waals surface area contributed by atoms with Crippen LogP contribution in [0.5, 0.6) is 0 Å². The fourth-order valence-electron chi connectivity index (χ4n) is 3.05. The average Bonchev–Trinajstić information content (AvgIpc) is 3.23. The molecule has 17 heavy (non-hydrogen) atoms. The zero-order valence-corrected chi connectivity index (χ0v) is 11.5. The first-order chi connectivity index (χ1) is 8.24. The Morgan fingerprint density at radius 2 is 1.65 bits per heavy atom. The van der Waals surface area contributed by atoms with Crippen molar-refractivity contribution in [3.63, 3.8) is 0 Å². The lowest BCUT2D eigenvalue weighted by atomic mass is 9.83. The number of nitrogens with one attached hydrogen (secondary N) is 1. The maximum atomic E-state index is 9.54. The second kappa shape index (κ2) is 5.71. The summed E-state index contributed by atoms with van der Waals surface area (Å²) in [5.74, 6) is 3.00. The molecule has 0 unspecified atom stereocenters. The van der Waals surface area contributed by atoms with Crippen molar-refractivity contribution in [2.45, 2.75) is 52.4 Å². The van der Waals surface area contributed by atoms with E-state index in [2.05, 4.69) is 19.2 Å². The Bertz CT molecular complexity index is 209. The van der Waals surface area contributed by atoms with Crippen LogP contribution in [0.2, 0.25) is 0 Å². The molecule has 2 fully saturated rings. The molecule has 2 rings (SSSR count). The lowest BCUT2D eigenvalue weighted by molar-refractivity contribution is 0.111. The quantitative estimate of drug-likeness (QED) is 0.648. The van der Waals surface area contributed by atoms with E-state index in [9.17, 15) is 5.11 Å². The Morgan fingerprint density at radius 3 is 2.00 bits per heavy atom. The van der Waals surface area contributed by atoms with Crippen molar-refractivity contribution in [3.05, 3.63) is 0 Å². The van der Waals surface area contributed by atoms with Crippen molar-refractivity contribution < 1.29 is 5.11 Å². The van der Waals surface area contributed by atoms with E-state index >= 15 is 0 Å². The summed E-state index contributed by atoms with van der Waals surface area (Å²) in [5.41, 5.74) is 0.123. The summed E-state index contributed by atoms with van der Waals surface area (Å²) in [5, 5.41) is 13.2. The van der Waals surface area contributed by atoms with Crippen LogP contribution in [0.25, 0.3) is 0 Å². The molecule has 0 atom stereocenters. The molecule has 2 nitrogen and oxygen atoms in total. The molecule has 0 amide bonds. The molecule has 2 saturated carbocycles. The molecule has 0 heterocycles. The van der Waals surface area contributed by atoms with Gasteiger partial charge in [-0.2, -0.15) is 0 Å². The number of hydrogen-bond acceptors (Lipinski definition) is 2. The highest BCUT2D eigenvalue weighted by Crippen LogP contribution is 2.48. The predicted molar refractivity (Wildman–Crippen MR) is 71.9 cm³/mol. The molecule has 100 valence electrons. The van der Waals surface area contributed by atoms with E-state index in [-0.39, 0.29) is 5.41 Å². The van der Waals surface area contributed by atoms with Crippen LogP contribution in [0.15, 0.2) is 0 Å². The summed E-state index contributed by atoms with van der Waals surface area (Å²) in [6.07, 6.45) is 8.02. The molecule has 2 aliphatic carbocycles. The van der Waals surface area contributed by atoms with Gasteiger partial charge in [-0.25, -0.2) is 0 Å². The molecule has 0 bridgehead atoms. The van der Waals surface area contributed by atoms with Crippen LogP contribution in [-0.2, 0) is 0 Å². The van der Waals surface area contributed by atoms with E-state index in [0.717, 1.165) is 37.1 Å². The highest BCUT2D eigenvalue weighted by Gasteiger charge is 2.41. The third-order valence-corrected chi connectivity index (χ3v) is 5.17. The molecule has 0 aliphatic heterocycles. The SMILES string of the molecule is CCC(CC)(CO)CNCC(C1CC1)C1CC1. The van der Waals surface area contributed by atoms with Gasteiger partial charge < -0.3 is 10.4 Å². The summed E-state index contributed by atoms with van der Waals surface area (Å²) in [6.45, 7) is 6.90. The first kappa shape index (κ1) is 13.4. The lowest BCUT2D eigenvalue weighted by Gasteiger charge is -2.30. The number of aliphatic hydroxyl groups excluding tert-OH is 1. The third kappa shape index (κ3) is 3.45. The highest BCUT2D eigenvalue weighted by atomic mass is 16.3. The molecular formula is C15H29NO. The molecule has 2 N–H and O–H groups in total. The molecule has 0 spiro atoms. The Morgan fingerprint density at radius 1 is 1.12 bits per heavy atom. The van der Waals surface area contributed by atoms with E-state index in [1.54, 1.807) is 0 Å². The standard InChI is InChI=1S/C15H29NO/c1-3-15(4-2,11-17)10-16-9-14(12-5-6-12)13-7-8-13/h12-14,16-17H,3-11H2,1-2H3. The lowest BCUT2D eigenvalue weighted by Crippen LogP contribution is -2.39. The van der Waals surface area contributed by atoms with Gasteiger partial charge in [0, 0.05) is 18.6 Å². The molecule has 2 heteroatoms. The molecule has 0 aromatic rings. The van der Waals surface area contributed by atoms with Gasteiger partial charge in [-0.3, -0.25) is 0 Å². The zero-order chi connectivity index (χ0) is 12.3. The fourth-order valence-corrected chi connectivity index (χ4v) is 3.05. The minimum absolute atomic E-state index is 0.123. The van der Waals surface area contributed by atoms with E-state index < -0.39 is 0 Å². The van der Waals surface area contributed by atoms with Gasteiger partial charge >= 0.3 is 0 Å². The molecular weight excluding hydrogens is 210 g/mol. The van der Waals surface area contributed by atoms with Gasteiger partial charge in [0.05, 0.1) is 0 Å². The predicted octanol–water partition coefficient (Wildman–Crippen LogP) is 2.81. The molecule has 2 aliphatic rings. The molecule has 0 aromatic heterocycles. The Labute approximate surface area is 106 Å². The number of hydrogen-bond donors (Lipinski definition) is 2. The Kier molecular flexibility index (Phi) is 4.48. The van der Waals surface area contributed by atoms with Gasteiger partial charge in [-0.05, 0) is 62.8 Å².